The first-order valence-electron chi connectivity index (χ1n) is 8.59. The SMILES string of the molecule is CCOc1ccc(NC(=O)CSc2nnc(NC(=O)c3cccc(F)c3)s2)cc1. The van der Waals surface area contributed by atoms with E-state index in [1.807, 2.05) is 6.92 Å². The minimum Gasteiger partial charge on any atom is -0.494 e. The van der Waals surface area contributed by atoms with Crippen molar-refractivity contribution in [3.8, 4) is 5.75 Å². The minimum absolute atomic E-state index is 0.139. The molecule has 0 aliphatic carbocycles. The zero-order chi connectivity index (χ0) is 20.6. The molecule has 7 nitrogen and oxygen atoms in total. The molecule has 2 amide bonds. The standard InChI is InChI=1S/C19H17FN4O3S2/c1-2-27-15-8-6-14(7-9-15)21-16(25)11-28-19-24-23-18(29-19)22-17(26)12-4-3-5-13(20)10-12/h3-10H,2,11H2,1H3,(H,21,25)(H,22,23,26). The number of thioether (sulfide) groups is 1. The van der Waals surface area contributed by atoms with Crippen molar-refractivity contribution in [2.45, 2.75) is 11.3 Å². The number of aromatic nitrogens is 2. The molecule has 29 heavy (non-hydrogen) atoms. The second kappa shape index (κ2) is 9.99. The average molecular weight is 433 g/mol. The van der Waals surface area contributed by atoms with Gasteiger partial charge < -0.3 is 10.1 Å². The van der Waals surface area contributed by atoms with Crippen molar-refractivity contribution in [2.75, 3.05) is 23.0 Å². The van der Waals surface area contributed by atoms with Crippen LogP contribution in [0.4, 0.5) is 15.2 Å². The van der Waals surface area contributed by atoms with Crippen molar-refractivity contribution in [2.24, 2.45) is 0 Å². The third-order valence-corrected chi connectivity index (χ3v) is 5.46. The zero-order valence-corrected chi connectivity index (χ0v) is 17.0. The Labute approximate surface area is 174 Å². The molecule has 0 spiro atoms. The number of halogens is 1. The van der Waals surface area contributed by atoms with E-state index in [9.17, 15) is 14.0 Å². The predicted molar refractivity (Wildman–Crippen MR) is 111 cm³/mol. The van der Waals surface area contributed by atoms with E-state index in [0.29, 0.717) is 16.6 Å². The summed E-state index contributed by atoms with van der Waals surface area (Å²) in [6.07, 6.45) is 0. The molecule has 0 aliphatic rings. The van der Waals surface area contributed by atoms with Gasteiger partial charge in [0.2, 0.25) is 11.0 Å². The van der Waals surface area contributed by atoms with Gasteiger partial charge in [-0.2, -0.15) is 0 Å². The van der Waals surface area contributed by atoms with E-state index < -0.39 is 11.7 Å². The van der Waals surface area contributed by atoms with Crippen LogP contribution in [0.1, 0.15) is 17.3 Å². The van der Waals surface area contributed by atoms with Gasteiger partial charge in [0.05, 0.1) is 12.4 Å². The second-order valence-electron chi connectivity index (χ2n) is 5.63. The highest BCUT2D eigenvalue weighted by Gasteiger charge is 2.12. The van der Waals surface area contributed by atoms with Crippen LogP contribution in [-0.4, -0.2) is 34.4 Å². The van der Waals surface area contributed by atoms with E-state index >= 15 is 0 Å². The highest BCUT2D eigenvalue weighted by molar-refractivity contribution is 8.01. The fraction of sp³-hybridized carbons (Fsp3) is 0.158. The van der Waals surface area contributed by atoms with Gasteiger partial charge in [-0.25, -0.2) is 4.39 Å². The number of benzene rings is 2. The lowest BCUT2D eigenvalue weighted by Crippen LogP contribution is -2.13. The van der Waals surface area contributed by atoms with Gasteiger partial charge in [0, 0.05) is 11.3 Å². The normalized spacial score (nSPS) is 10.4. The molecule has 0 saturated heterocycles. The summed E-state index contributed by atoms with van der Waals surface area (Å²) < 4.78 is 19.1. The second-order valence-corrected chi connectivity index (χ2v) is 7.83. The highest BCUT2D eigenvalue weighted by Crippen LogP contribution is 2.26. The van der Waals surface area contributed by atoms with Gasteiger partial charge in [0.15, 0.2) is 4.34 Å². The molecular weight excluding hydrogens is 415 g/mol. The van der Waals surface area contributed by atoms with Gasteiger partial charge in [0.25, 0.3) is 5.91 Å². The molecule has 0 bridgehead atoms. The monoisotopic (exact) mass is 432 g/mol. The molecule has 0 unspecified atom stereocenters. The molecule has 150 valence electrons. The third kappa shape index (κ3) is 6.26. The van der Waals surface area contributed by atoms with Crippen LogP contribution < -0.4 is 15.4 Å². The molecule has 0 fully saturated rings. The molecule has 2 aromatic carbocycles. The number of hydrogen-bond donors (Lipinski definition) is 2. The summed E-state index contributed by atoms with van der Waals surface area (Å²) in [5.74, 6) is -0.295. The number of nitrogens with zero attached hydrogens (tertiary/aromatic N) is 2. The first kappa shape index (κ1) is 20.7. The molecule has 1 heterocycles. The summed E-state index contributed by atoms with van der Waals surface area (Å²) in [7, 11) is 0. The van der Waals surface area contributed by atoms with Crippen LogP contribution >= 0.6 is 23.1 Å². The summed E-state index contributed by atoms with van der Waals surface area (Å²) in [5, 5.41) is 13.4. The van der Waals surface area contributed by atoms with E-state index in [0.717, 1.165) is 23.2 Å². The smallest absolute Gasteiger partial charge is 0.257 e. The number of ether oxygens (including phenoxy) is 1. The summed E-state index contributed by atoms with van der Waals surface area (Å²) in [6.45, 7) is 2.48. The Morgan fingerprint density at radius 2 is 1.93 bits per heavy atom. The molecule has 10 heteroatoms. The summed E-state index contributed by atoms with van der Waals surface area (Å²) in [6, 6.07) is 12.4. The number of rotatable bonds is 8. The Balaban J connectivity index is 1.48. The molecule has 0 aliphatic heterocycles. The van der Waals surface area contributed by atoms with Gasteiger partial charge in [-0.3, -0.25) is 14.9 Å². The average Bonchev–Trinajstić information content (AvgIpc) is 3.15. The molecule has 0 radical (unpaired) electrons. The van der Waals surface area contributed by atoms with Crippen LogP contribution in [0.3, 0.4) is 0 Å². The molecule has 3 aromatic rings. The number of nitrogens with one attached hydrogen (secondary N) is 2. The van der Waals surface area contributed by atoms with Crippen molar-refractivity contribution in [3.05, 3.63) is 59.9 Å². The minimum atomic E-state index is -0.496. The number of carbonyl (C=O) groups is 2. The van der Waals surface area contributed by atoms with Crippen molar-refractivity contribution < 1.29 is 18.7 Å². The van der Waals surface area contributed by atoms with Crippen LogP contribution in [0, 0.1) is 5.82 Å². The Bertz CT molecular complexity index is 995. The van der Waals surface area contributed by atoms with Gasteiger partial charge in [0.1, 0.15) is 11.6 Å². The molecular formula is C19H17FN4O3S2. The van der Waals surface area contributed by atoms with Gasteiger partial charge in [-0.1, -0.05) is 29.2 Å². The highest BCUT2D eigenvalue weighted by atomic mass is 32.2. The predicted octanol–water partition coefficient (Wildman–Crippen LogP) is 4.06. The quantitative estimate of drug-likeness (QED) is 0.412. The van der Waals surface area contributed by atoms with Crippen molar-refractivity contribution >= 4 is 45.7 Å². The van der Waals surface area contributed by atoms with Crippen molar-refractivity contribution in [1.82, 2.24) is 10.2 Å². The van der Waals surface area contributed by atoms with Crippen LogP contribution in [0.15, 0.2) is 52.9 Å². The summed E-state index contributed by atoms with van der Waals surface area (Å²) in [5.41, 5.74) is 0.850. The lowest BCUT2D eigenvalue weighted by molar-refractivity contribution is -0.113. The number of amides is 2. The van der Waals surface area contributed by atoms with E-state index in [4.69, 9.17) is 4.74 Å². The first-order valence-corrected chi connectivity index (χ1v) is 10.4. The van der Waals surface area contributed by atoms with Crippen LogP contribution in [-0.2, 0) is 4.79 Å². The summed E-state index contributed by atoms with van der Waals surface area (Å²) in [4.78, 5) is 24.2. The van der Waals surface area contributed by atoms with E-state index in [-0.39, 0.29) is 22.4 Å². The Kier molecular flexibility index (Phi) is 7.14. The Morgan fingerprint density at radius 3 is 2.66 bits per heavy atom. The fourth-order valence-corrected chi connectivity index (χ4v) is 3.79. The van der Waals surface area contributed by atoms with E-state index in [1.165, 1.54) is 30.0 Å². The van der Waals surface area contributed by atoms with Crippen molar-refractivity contribution in [3.63, 3.8) is 0 Å². The van der Waals surface area contributed by atoms with Crippen LogP contribution in [0.2, 0.25) is 0 Å². The maximum absolute atomic E-state index is 13.2. The first-order chi connectivity index (χ1) is 14.0. The largest absolute Gasteiger partial charge is 0.494 e. The molecule has 3 rings (SSSR count). The van der Waals surface area contributed by atoms with Crippen LogP contribution in [0.5, 0.6) is 5.75 Å². The molecule has 0 atom stereocenters. The van der Waals surface area contributed by atoms with Crippen molar-refractivity contribution in [1.29, 1.82) is 0 Å². The van der Waals surface area contributed by atoms with E-state index in [1.54, 1.807) is 24.3 Å². The van der Waals surface area contributed by atoms with E-state index in [2.05, 4.69) is 20.8 Å². The maximum atomic E-state index is 13.2. The maximum Gasteiger partial charge on any atom is 0.257 e. The fourth-order valence-electron chi connectivity index (χ4n) is 2.24. The van der Waals surface area contributed by atoms with Gasteiger partial charge in [-0.15, -0.1) is 10.2 Å². The number of anilines is 2. The van der Waals surface area contributed by atoms with Gasteiger partial charge >= 0.3 is 0 Å². The van der Waals surface area contributed by atoms with Gasteiger partial charge in [-0.05, 0) is 49.4 Å². The molecule has 1 aromatic heterocycles. The Morgan fingerprint density at radius 1 is 1.14 bits per heavy atom. The topological polar surface area (TPSA) is 93.2 Å². The number of carbonyl (C=O) groups excluding carboxylic acids is 2. The lowest BCUT2D eigenvalue weighted by Gasteiger charge is -2.06. The summed E-state index contributed by atoms with van der Waals surface area (Å²) >= 11 is 2.34. The van der Waals surface area contributed by atoms with Crippen LogP contribution in [0.25, 0.3) is 0 Å². The molecule has 0 saturated carbocycles. The molecule has 2 N–H and O–H groups in total. The lowest BCUT2D eigenvalue weighted by atomic mass is 10.2. The zero-order valence-electron chi connectivity index (χ0n) is 15.3. The number of hydrogen-bond acceptors (Lipinski definition) is 7. The Hall–Kier alpha value is -2.98. The third-order valence-electron chi connectivity index (χ3n) is 3.49.